The summed E-state index contributed by atoms with van der Waals surface area (Å²) in [5.41, 5.74) is 4.82. The lowest BCUT2D eigenvalue weighted by molar-refractivity contribution is -0.121. The molecule has 0 aliphatic carbocycles. The van der Waals surface area contributed by atoms with Gasteiger partial charge < -0.3 is 5.32 Å². The number of carbonyl (C=O) groups excluding carboxylic acids is 1. The normalized spacial score (nSPS) is 15.0. The van der Waals surface area contributed by atoms with Crippen LogP contribution in [0, 0.1) is 13.8 Å². The monoisotopic (exact) mass is 459 g/mol. The van der Waals surface area contributed by atoms with Gasteiger partial charge in [0.2, 0.25) is 5.91 Å². The van der Waals surface area contributed by atoms with E-state index in [0.717, 1.165) is 17.7 Å². The van der Waals surface area contributed by atoms with E-state index in [0.29, 0.717) is 28.5 Å². The maximum absolute atomic E-state index is 13.3. The van der Waals surface area contributed by atoms with Gasteiger partial charge >= 0.3 is 0 Å². The van der Waals surface area contributed by atoms with Gasteiger partial charge in [0, 0.05) is 18.7 Å². The lowest BCUT2D eigenvalue weighted by atomic mass is 10.1. The summed E-state index contributed by atoms with van der Waals surface area (Å²) in [5, 5.41) is 8.53. The molecule has 2 aromatic carbocycles. The van der Waals surface area contributed by atoms with Gasteiger partial charge in [-0.1, -0.05) is 48.2 Å². The average molecular weight is 460 g/mol. The maximum Gasteiger partial charge on any atom is 0.265 e. The Morgan fingerprint density at radius 3 is 2.76 bits per heavy atom. The molecule has 2 aromatic heterocycles. The summed E-state index contributed by atoms with van der Waals surface area (Å²) in [6, 6.07) is 15.9. The van der Waals surface area contributed by atoms with Crippen molar-refractivity contribution in [1.82, 2.24) is 24.6 Å². The number of thioether (sulfide) groups is 1. The third-order valence-corrected chi connectivity index (χ3v) is 7.20. The second-order valence-electron chi connectivity index (χ2n) is 8.39. The van der Waals surface area contributed by atoms with Gasteiger partial charge in [-0.25, -0.2) is 9.67 Å². The molecule has 1 unspecified atom stereocenters. The van der Waals surface area contributed by atoms with Crippen LogP contribution in [0.5, 0.6) is 0 Å². The van der Waals surface area contributed by atoms with Crippen molar-refractivity contribution in [3.05, 3.63) is 81.8 Å². The van der Waals surface area contributed by atoms with Crippen LogP contribution in [-0.4, -0.2) is 37.5 Å². The number of fused-ring (bicyclic) bond motifs is 2. The Hall–Kier alpha value is -3.39. The molecule has 0 fully saturated rings. The van der Waals surface area contributed by atoms with E-state index in [9.17, 15) is 9.59 Å². The molecular formula is C25H25N5O2S. The lowest BCUT2D eigenvalue weighted by Crippen LogP contribution is -2.31. The molecule has 5 rings (SSSR count). The van der Waals surface area contributed by atoms with Crippen LogP contribution < -0.4 is 10.9 Å². The summed E-state index contributed by atoms with van der Waals surface area (Å²) in [5.74, 6) is 0.597. The summed E-state index contributed by atoms with van der Waals surface area (Å²) >= 11 is 1.51. The summed E-state index contributed by atoms with van der Waals surface area (Å²) in [4.78, 5) is 30.6. The minimum absolute atomic E-state index is 0.0535. The largest absolute Gasteiger partial charge is 0.356 e. The van der Waals surface area contributed by atoms with Crippen LogP contribution in [0.4, 0.5) is 0 Å². The molecule has 0 radical (unpaired) electrons. The summed E-state index contributed by atoms with van der Waals surface area (Å²) in [6.07, 6.45) is 2.61. The number of nitrogens with zero attached hydrogens (tertiary/aromatic N) is 4. The van der Waals surface area contributed by atoms with Crippen molar-refractivity contribution in [3.8, 4) is 5.69 Å². The molecule has 1 N–H and O–H groups in total. The highest BCUT2D eigenvalue weighted by atomic mass is 32.2. The maximum atomic E-state index is 13.3. The van der Waals surface area contributed by atoms with Crippen molar-refractivity contribution in [1.29, 1.82) is 0 Å². The van der Waals surface area contributed by atoms with Gasteiger partial charge in [-0.15, -0.1) is 0 Å². The van der Waals surface area contributed by atoms with Crippen molar-refractivity contribution in [2.45, 2.75) is 37.9 Å². The first-order valence-corrected chi connectivity index (χ1v) is 12.0. The van der Waals surface area contributed by atoms with Crippen LogP contribution >= 0.6 is 11.8 Å². The zero-order valence-electron chi connectivity index (χ0n) is 18.6. The zero-order valence-corrected chi connectivity index (χ0v) is 19.4. The van der Waals surface area contributed by atoms with Gasteiger partial charge in [0.1, 0.15) is 5.39 Å². The summed E-state index contributed by atoms with van der Waals surface area (Å²) in [6.45, 7) is 4.69. The van der Waals surface area contributed by atoms with E-state index in [2.05, 4.69) is 24.3 Å². The third-order valence-electron chi connectivity index (χ3n) is 6.11. The molecule has 8 heteroatoms. The van der Waals surface area contributed by atoms with Crippen molar-refractivity contribution in [2.75, 3.05) is 12.3 Å². The number of rotatable bonds is 6. The molecule has 7 nitrogen and oxygen atoms in total. The Labute approximate surface area is 195 Å². The number of benzene rings is 2. The van der Waals surface area contributed by atoms with Crippen LogP contribution in [0.25, 0.3) is 16.7 Å². The number of nitrogens with one attached hydrogen (secondary N) is 1. The third kappa shape index (κ3) is 4.18. The van der Waals surface area contributed by atoms with Gasteiger partial charge in [-0.05, 0) is 49.1 Å². The number of carbonyl (C=O) groups is 1. The van der Waals surface area contributed by atoms with E-state index in [1.807, 2.05) is 48.5 Å². The average Bonchev–Trinajstić information content (AvgIpc) is 3.41. The SMILES string of the molecule is Cc1ccc(-n2ncc3c(=O)n4c(nc32)SCC4CC(=O)NCCc2ccccc2)cc1C. The van der Waals surface area contributed by atoms with Gasteiger partial charge in [-0.3, -0.25) is 14.2 Å². The van der Waals surface area contributed by atoms with Crippen LogP contribution in [0.1, 0.15) is 29.2 Å². The van der Waals surface area contributed by atoms with Crippen LogP contribution in [-0.2, 0) is 11.2 Å². The Morgan fingerprint density at radius 1 is 1.15 bits per heavy atom. The van der Waals surface area contributed by atoms with E-state index >= 15 is 0 Å². The molecule has 1 aliphatic heterocycles. The first-order valence-electron chi connectivity index (χ1n) is 11.0. The van der Waals surface area contributed by atoms with E-state index in [-0.39, 0.29) is 23.9 Å². The van der Waals surface area contributed by atoms with Crippen molar-refractivity contribution < 1.29 is 4.79 Å². The second kappa shape index (κ2) is 8.86. The second-order valence-corrected chi connectivity index (χ2v) is 9.37. The standard InChI is InChI=1S/C25H25N5O2S/c1-16-8-9-19(12-17(16)2)30-23-21(14-27-30)24(32)29-20(15-33-25(29)28-23)13-22(31)26-11-10-18-6-4-3-5-7-18/h3-9,12,14,20H,10-11,13,15H2,1-2H3,(H,26,31). The van der Waals surface area contributed by atoms with Gasteiger partial charge in [0.25, 0.3) is 5.56 Å². The molecule has 0 bridgehead atoms. The van der Waals surface area contributed by atoms with Crippen molar-refractivity contribution in [3.63, 3.8) is 0 Å². The fourth-order valence-electron chi connectivity index (χ4n) is 4.10. The van der Waals surface area contributed by atoms with E-state index in [1.54, 1.807) is 15.4 Å². The molecule has 168 valence electrons. The highest BCUT2D eigenvalue weighted by molar-refractivity contribution is 7.99. The Morgan fingerprint density at radius 2 is 1.97 bits per heavy atom. The molecule has 33 heavy (non-hydrogen) atoms. The van der Waals surface area contributed by atoms with Crippen LogP contribution in [0.15, 0.2) is 64.7 Å². The summed E-state index contributed by atoms with van der Waals surface area (Å²) in [7, 11) is 0. The minimum atomic E-state index is -0.212. The highest BCUT2D eigenvalue weighted by Crippen LogP contribution is 2.33. The lowest BCUT2D eigenvalue weighted by Gasteiger charge is -2.13. The molecule has 1 aliphatic rings. The zero-order chi connectivity index (χ0) is 22.9. The number of aromatic nitrogens is 4. The molecule has 3 heterocycles. The van der Waals surface area contributed by atoms with Crippen molar-refractivity contribution in [2.24, 2.45) is 0 Å². The number of hydrogen-bond acceptors (Lipinski definition) is 5. The van der Waals surface area contributed by atoms with Gasteiger partial charge in [-0.2, -0.15) is 5.10 Å². The fraction of sp³-hybridized carbons (Fsp3) is 0.280. The highest BCUT2D eigenvalue weighted by Gasteiger charge is 2.29. The fourth-order valence-corrected chi connectivity index (χ4v) is 5.23. The minimum Gasteiger partial charge on any atom is -0.356 e. The number of hydrogen-bond donors (Lipinski definition) is 1. The van der Waals surface area contributed by atoms with Crippen LogP contribution in [0.3, 0.4) is 0 Å². The topological polar surface area (TPSA) is 81.8 Å². The molecule has 0 saturated heterocycles. The van der Waals surface area contributed by atoms with E-state index in [4.69, 9.17) is 4.98 Å². The summed E-state index contributed by atoms with van der Waals surface area (Å²) < 4.78 is 3.38. The van der Waals surface area contributed by atoms with E-state index < -0.39 is 0 Å². The van der Waals surface area contributed by atoms with Gasteiger partial charge in [0.05, 0.1) is 17.9 Å². The van der Waals surface area contributed by atoms with E-state index in [1.165, 1.54) is 22.9 Å². The smallest absolute Gasteiger partial charge is 0.265 e. The van der Waals surface area contributed by atoms with Crippen molar-refractivity contribution >= 4 is 28.7 Å². The predicted octanol–water partition coefficient (Wildman–Crippen LogP) is 3.59. The first kappa shape index (κ1) is 21.5. The predicted molar refractivity (Wildman–Crippen MR) is 130 cm³/mol. The Kier molecular flexibility index (Phi) is 5.76. The molecule has 1 amide bonds. The van der Waals surface area contributed by atoms with Gasteiger partial charge in [0.15, 0.2) is 10.8 Å². The molecular weight excluding hydrogens is 434 g/mol. The number of amides is 1. The van der Waals surface area contributed by atoms with Crippen LogP contribution in [0.2, 0.25) is 0 Å². The molecule has 0 saturated carbocycles. The quantitative estimate of drug-likeness (QED) is 0.446. The molecule has 0 spiro atoms. The Bertz CT molecular complexity index is 1390. The Balaban J connectivity index is 1.35. The first-order chi connectivity index (χ1) is 16.0. The molecule has 4 aromatic rings. The molecule has 1 atom stereocenters. The number of aryl methyl sites for hydroxylation is 2.